The van der Waals surface area contributed by atoms with E-state index in [9.17, 15) is 4.79 Å². The number of primary amides is 1. The number of benzene rings is 2. The minimum absolute atomic E-state index is 0.368. The number of carbonyl (C=O) groups excluding carboxylic acids is 1. The van der Waals surface area contributed by atoms with Gasteiger partial charge in [-0.05, 0) is 30.5 Å². The Kier molecular flexibility index (Phi) is 3.24. The zero-order chi connectivity index (χ0) is 12.3. The van der Waals surface area contributed by atoms with Crippen molar-refractivity contribution >= 4 is 5.91 Å². The maximum absolute atomic E-state index is 11.3. The number of aryl methyl sites for hydroxylation is 1. The number of carbonyl (C=O) groups is 1. The quantitative estimate of drug-likeness (QED) is 0.857. The van der Waals surface area contributed by atoms with Crippen molar-refractivity contribution < 1.29 is 4.79 Å². The summed E-state index contributed by atoms with van der Waals surface area (Å²) in [6, 6.07) is 15.8. The second-order valence-corrected chi connectivity index (χ2v) is 4.18. The van der Waals surface area contributed by atoms with Gasteiger partial charge >= 0.3 is 0 Å². The van der Waals surface area contributed by atoms with Gasteiger partial charge in [0.15, 0.2) is 0 Å². The highest BCUT2D eigenvalue weighted by Gasteiger charge is 2.07. The zero-order valence-electron chi connectivity index (χ0n) is 9.81. The lowest BCUT2D eigenvalue weighted by molar-refractivity contribution is 0.0999. The lowest BCUT2D eigenvalue weighted by atomic mass is 9.99. The third-order valence-corrected chi connectivity index (χ3v) is 2.80. The summed E-state index contributed by atoms with van der Waals surface area (Å²) in [4.78, 5) is 11.3. The van der Waals surface area contributed by atoms with E-state index in [1.54, 1.807) is 6.07 Å². The van der Waals surface area contributed by atoms with Crippen molar-refractivity contribution in [2.75, 3.05) is 0 Å². The Hall–Kier alpha value is -2.09. The van der Waals surface area contributed by atoms with E-state index in [1.165, 1.54) is 11.1 Å². The molecule has 17 heavy (non-hydrogen) atoms. The van der Waals surface area contributed by atoms with Gasteiger partial charge in [0.05, 0.1) is 0 Å². The van der Waals surface area contributed by atoms with Crippen molar-refractivity contribution in [2.45, 2.75) is 13.3 Å². The van der Waals surface area contributed by atoms with Gasteiger partial charge in [-0.25, -0.2) is 0 Å². The van der Waals surface area contributed by atoms with Crippen molar-refractivity contribution in [1.29, 1.82) is 0 Å². The Morgan fingerprint density at radius 2 is 1.71 bits per heavy atom. The Morgan fingerprint density at radius 1 is 1.06 bits per heavy atom. The van der Waals surface area contributed by atoms with Crippen LogP contribution in [0.25, 0.3) is 0 Å². The molecular formula is C15H15NO. The standard InChI is InChI=1S/C15H15NO/c1-11-6-8-12(9-7-11)10-13-4-2-3-5-14(13)15(16)17/h2-9H,10H2,1H3,(H2,16,17). The molecule has 0 unspecified atom stereocenters. The van der Waals surface area contributed by atoms with Gasteiger partial charge in [0, 0.05) is 5.56 Å². The summed E-state index contributed by atoms with van der Waals surface area (Å²) in [5.41, 5.74) is 9.35. The summed E-state index contributed by atoms with van der Waals surface area (Å²) in [6.07, 6.45) is 0.736. The Bertz CT molecular complexity index is 529. The summed E-state index contributed by atoms with van der Waals surface area (Å²) >= 11 is 0. The number of hydrogen-bond acceptors (Lipinski definition) is 1. The van der Waals surface area contributed by atoms with E-state index >= 15 is 0 Å². The molecule has 2 N–H and O–H groups in total. The van der Waals surface area contributed by atoms with E-state index in [1.807, 2.05) is 18.2 Å². The molecule has 0 fully saturated rings. The van der Waals surface area contributed by atoms with Crippen LogP contribution in [0, 0.1) is 6.92 Å². The van der Waals surface area contributed by atoms with Gasteiger partial charge in [0.25, 0.3) is 0 Å². The number of rotatable bonds is 3. The first-order chi connectivity index (χ1) is 8.16. The molecule has 1 amide bonds. The van der Waals surface area contributed by atoms with E-state index in [2.05, 4.69) is 31.2 Å². The van der Waals surface area contributed by atoms with E-state index in [-0.39, 0.29) is 5.91 Å². The lowest BCUT2D eigenvalue weighted by Crippen LogP contribution is -2.13. The predicted molar refractivity (Wildman–Crippen MR) is 68.9 cm³/mol. The summed E-state index contributed by atoms with van der Waals surface area (Å²) in [7, 11) is 0. The van der Waals surface area contributed by atoms with E-state index < -0.39 is 0 Å². The van der Waals surface area contributed by atoms with Gasteiger partial charge in [-0.1, -0.05) is 48.0 Å². The van der Waals surface area contributed by atoms with Gasteiger partial charge in [0.1, 0.15) is 0 Å². The highest BCUT2D eigenvalue weighted by Crippen LogP contribution is 2.14. The van der Waals surface area contributed by atoms with Crippen LogP contribution in [0.2, 0.25) is 0 Å². The first-order valence-electron chi connectivity index (χ1n) is 5.60. The molecule has 0 spiro atoms. The smallest absolute Gasteiger partial charge is 0.248 e. The third kappa shape index (κ3) is 2.72. The van der Waals surface area contributed by atoms with Crippen LogP contribution in [-0.4, -0.2) is 5.91 Å². The minimum atomic E-state index is -0.368. The molecule has 0 saturated carbocycles. The first-order valence-corrected chi connectivity index (χ1v) is 5.60. The first kappa shape index (κ1) is 11.4. The summed E-state index contributed by atoms with van der Waals surface area (Å²) in [5.74, 6) is -0.368. The fourth-order valence-corrected chi connectivity index (χ4v) is 1.84. The lowest BCUT2D eigenvalue weighted by Gasteiger charge is -2.06. The van der Waals surface area contributed by atoms with Crippen LogP contribution < -0.4 is 5.73 Å². The van der Waals surface area contributed by atoms with Crippen molar-refractivity contribution in [2.24, 2.45) is 5.73 Å². The predicted octanol–water partition coefficient (Wildman–Crippen LogP) is 2.68. The molecule has 2 heteroatoms. The molecule has 2 aromatic rings. The SMILES string of the molecule is Cc1ccc(Cc2ccccc2C(N)=O)cc1. The van der Waals surface area contributed by atoms with Gasteiger partial charge in [-0.2, -0.15) is 0 Å². The van der Waals surface area contributed by atoms with Crippen molar-refractivity contribution in [3.05, 3.63) is 70.8 Å². The Labute approximate surface area is 101 Å². The molecular weight excluding hydrogens is 210 g/mol. The maximum atomic E-state index is 11.3. The van der Waals surface area contributed by atoms with E-state index in [4.69, 9.17) is 5.73 Å². The molecule has 2 nitrogen and oxygen atoms in total. The van der Waals surface area contributed by atoms with Crippen LogP contribution in [0.4, 0.5) is 0 Å². The number of hydrogen-bond donors (Lipinski definition) is 1. The highest BCUT2D eigenvalue weighted by atomic mass is 16.1. The molecule has 0 aliphatic rings. The number of nitrogens with two attached hydrogens (primary N) is 1. The van der Waals surface area contributed by atoms with Crippen LogP contribution >= 0.6 is 0 Å². The molecule has 0 radical (unpaired) electrons. The zero-order valence-corrected chi connectivity index (χ0v) is 9.81. The second-order valence-electron chi connectivity index (χ2n) is 4.18. The van der Waals surface area contributed by atoms with Crippen LogP contribution in [0.1, 0.15) is 27.0 Å². The monoisotopic (exact) mass is 225 g/mol. The summed E-state index contributed by atoms with van der Waals surface area (Å²) in [5, 5.41) is 0. The van der Waals surface area contributed by atoms with Gasteiger partial charge in [-0.3, -0.25) is 4.79 Å². The molecule has 0 aliphatic carbocycles. The molecule has 0 saturated heterocycles. The normalized spacial score (nSPS) is 10.2. The fourth-order valence-electron chi connectivity index (χ4n) is 1.84. The molecule has 0 bridgehead atoms. The second kappa shape index (κ2) is 4.83. The van der Waals surface area contributed by atoms with Crippen LogP contribution in [0.5, 0.6) is 0 Å². The topological polar surface area (TPSA) is 43.1 Å². The third-order valence-electron chi connectivity index (χ3n) is 2.80. The molecule has 0 atom stereocenters. The maximum Gasteiger partial charge on any atom is 0.248 e. The van der Waals surface area contributed by atoms with Crippen LogP contribution in [0.15, 0.2) is 48.5 Å². The molecule has 86 valence electrons. The molecule has 0 heterocycles. The average molecular weight is 225 g/mol. The van der Waals surface area contributed by atoms with Gasteiger partial charge < -0.3 is 5.73 Å². The number of amides is 1. The van der Waals surface area contributed by atoms with Crippen LogP contribution in [-0.2, 0) is 6.42 Å². The average Bonchev–Trinajstić information content (AvgIpc) is 2.32. The Morgan fingerprint density at radius 3 is 2.35 bits per heavy atom. The van der Waals surface area contributed by atoms with Crippen molar-refractivity contribution in [1.82, 2.24) is 0 Å². The minimum Gasteiger partial charge on any atom is -0.366 e. The van der Waals surface area contributed by atoms with Crippen molar-refractivity contribution in [3.63, 3.8) is 0 Å². The van der Waals surface area contributed by atoms with E-state index in [0.717, 1.165) is 12.0 Å². The molecule has 2 rings (SSSR count). The highest BCUT2D eigenvalue weighted by molar-refractivity contribution is 5.94. The Balaban J connectivity index is 2.30. The largest absolute Gasteiger partial charge is 0.366 e. The summed E-state index contributed by atoms with van der Waals surface area (Å²) in [6.45, 7) is 2.06. The van der Waals surface area contributed by atoms with Crippen molar-refractivity contribution in [3.8, 4) is 0 Å². The molecule has 0 aliphatic heterocycles. The van der Waals surface area contributed by atoms with Gasteiger partial charge in [0.2, 0.25) is 5.91 Å². The fraction of sp³-hybridized carbons (Fsp3) is 0.133. The van der Waals surface area contributed by atoms with E-state index in [0.29, 0.717) is 5.56 Å². The molecule has 2 aromatic carbocycles. The van der Waals surface area contributed by atoms with Crippen LogP contribution in [0.3, 0.4) is 0 Å². The summed E-state index contributed by atoms with van der Waals surface area (Å²) < 4.78 is 0. The van der Waals surface area contributed by atoms with Gasteiger partial charge in [-0.15, -0.1) is 0 Å². The molecule has 0 aromatic heterocycles.